The van der Waals surface area contributed by atoms with Crippen molar-refractivity contribution in [2.45, 2.75) is 39.3 Å². The summed E-state index contributed by atoms with van der Waals surface area (Å²) in [6.45, 7) is 4.55. The average Bonchev–Trinajstić information content (AvgIpc) is 3.51. The number of amides is 2. The Labute approximate surface area is 194 Å². The smallest absolute Gasteiger partial charge is 0.281 e. The largest absolute Gasteiger partial charge is 0.349 e. The number of thiazole rings is 1. The highest BCUT2D eigenvalue weighted by molar-refractivity contribution is 7.09. The zero-order valence-corrected chi connectivity index (χ0v) is 19.4. The van der Waals surface area contributed by atoms with E-state index in [1.165, 1.54) is 17.4 Å². The normalized spacial score (nSPS) is 14.0. The van der Waals surface area contributed by atoms with Crippen molar-refractivity contribution in [3.8, 4) is 0 Å². The van der Waals surface area contributed by atoms with E-state index < -0.39 is 5.91 Å². The summed E-state index contributed by atoms with van der Waals surface area (Å²) < 4.78 is 2.00. The Bertz CT molecular complexity index is 1220. The first-order chi connectivity index (χ1) is 14.8. The number of nitrogens with one attached hydrogen (secondary N) is 1. The van der Waals surface area contributed by atoms with Crippen LogP contribution in [0, 0.1) is 13.8 Å². The standard InChI is InChI=1S/C23H21Cl2N3O2S/c1-13-14(2)31-23(27-22(30)19-10-7-17(24)11-20(19)25)28(13)12-15-3-5-16(6-4-15)21(29)26-18-8-9-18/h3-7,10-11,18H,8-9,12H2,1-2H3,(H,26,29). The zero-order chi connectivity index (χ0) is 22.1. The van der Waals surface area contributed by atoms with Gasteiger partial charge in [0.15, 0.2) is 4.80 Å². The van der Waals surface area contributed by atoms with E-state index in [9.17, 15) is 9.59 Å². The predicted molar refractivity (Wildman–Crippen MR) is 124 cm³/mol. The molecular weight excluding hydrogens is 453 g/mol. The maximum atomic E-state index is 12.7. The molecule has 1 saturated carbocycles. The minimum atomic E-state index is -0.413. The zero-order valence-electron chi connectivity index (χ0n) is 17.1. The molecule has 8 heteroatoms. The van der Waals surface area contributed by atoms with Crippen molar-refractivity contribution in [2.24, 2.45) is 4.99 Å². The Hall–Kier alpha value is -2.41. The molecule has 160 valence electrons. The highest BCUT2D eigenvalue weighted by Crippen LogP contribution is 2.22. The summed E-state index contributed by atoms with van der Waals surface area (Å²) in [4.78, 5) is 30.9. The summed E-state index contributed by atoms with van der Waals surface area (Å²) in [5.74, 6) is -0.450. The van der Waals surface area contributed by atoms with Crippen molar-refractivity contribution >= 4 is 46.4 Å². The Morgan fingerprint density at radius 1 is 1.13 bits per heavy atom. The van der Waals surface area contributed by atoms with E-state index in [0.717, 1.165) is 29.0 Å². The number of aryl methyl sites for hydroxylation is 1. The van der Waals surface area contributed by atoms with Gasteiger partial charge in [0.2, 0.25) is 0 Å². The lowest BCUT2D eigenvalue weighted by molar-refractivity contribution is 0.0949. The summed E-state index contributed by atoms with van der Waals surface area (Å²) in [6, 6.07) is 12.6. The quantitative estimate of drug-likeness (QED) is 0.556. The number of halogens is 2. The lowest BCUT2D eigenvalue weighted by Gasteiger charge is -2.08. The number of benzene rings is 2. The highest BCUT2D eigenvalue weighted by atomic mass is 35.5. The molecule has 1 aliphatic carbocycles. The first-order valence-corrected chi connectivity index (χ1v) is 11.5. The van der Waals surface area contributed by atoms with Crippen LogP contribution in [0.15, 0.2) is 47.5 Å². The van der Waals surface area contributed by atoms with E-state index in [4.69, 9.17) is 23.2 Å². The van der Waals surface area contributed by atoms with Crippen LogP contribution in [0.5, 0.6) is 0 Å². The van der Waals surface area contributed by atoms with Crippen molar-refractivity contribution in [1.29, 1.82) is 0 Å². The molecule has 4 rings (SSSR count). The summed E-state index contributed by atoms with van der Waals surface area (Å²) in [5.41, 5.74) is 3.01. The van der Waals surface area contributed by atoms with Gasteiger partial charge in [-0.3, -0.25) is 9.59 Å². The van der Waals surface area contributed by atoms with E-state index >= 15 is 0 Å². The molecule has 0 atom stereocenters. The van der Waals surface area contributed by atoms with Crippen LogP contribution in [0.3, 0.4) is 0 Å². The average molecular weight is 474 g/mol. The van der Waals surface area contributed by atoms with Crippen LogP contribution in [0.25, 0.3) is 0 Å². The van der Waals surface area contributed by atoms with Gasteiger partial charge in [-0.25, -0.2) is 0 Å². The number of aromatic nitrogens is 1. The second kappa shape index (κ2) is 8.99. The van der Waals surface area contributed by atoms with Crippen LogP contribution < -0.4 is 10.1 Å². The topological polar surface area (TPSA) is 63.5 Å². The van der Waals surface area contributed by atoms with Gasteiger partial charge < -0.3 is 9.88 Å². The molecule has 2 aromatic carbocycles. The van der Waals surface area contributed by atoms with E-state index in [0.29, 0.717) is 33.5 Å². The van der Waals surface area contributed by atoms with Crippen LogP contribution in [0.2, 0.25) is 10.0 Å². The Morgan fingerprint density at radius 3 is 2.48 bits per heavy atom. The molecular formula is C23H21Cl2N3O2S. The van der Waals surface area contributed by atoms with E-state index in [1.54, 1.807) is 12.1 Å². The first kappa shape index (κ1) is 21.8. The number of hydrogen-bond donors (Lipinski definition) is 1. The number of rotatable bonds is 5. The van der Waals surface area contributed by atoms with Gasteiger partial charge >= 0.3 is 0 Å². The summed E-state index contributed by atoms with van der Waals surface area (Å²) in [7, 11) is 0. The monoisotopic (exact) mass is 473 g/mol. The Morgan fingerprint density at radius 2 is 1.84 bits per heavy atom. The minimum absolute atomic E-state index is 0.0367. The molecule has 0 unspecified atom stereocenters. The second-order valence-electron chi connectivity index (χ2n) is 7.60. The molecule has 1 aliphatic rings. The molecule has 0 spiro atoms. The van der Waals surface area contributed by atoms with E-state index in [-0.39, 0.29) is 10.9 Å². The van der Waals surface area contributed by atoms with Crippen molar-refractivity contribution < 1.29 is 9.59 Å². The number of hydrogen-bond acceptors (Lipinski definition) is 3. The molecule has 0 aliphatic heterocycles. The van der Waals surface area contributed by atoms with Gasteiger partial charge in [-0.05, 0) is 62.6 Å². The SMILES string of the molecule is Cc1sc(=NC(=O)c2ccc(Cl)cc2Cl)n(Cc2ccc(C(=O)NC3CC3)cc2)c1C. The lowest BCUT2D eigenvalue weighted by atomic mass is 10.1. The number of carbonyl (C=O) groups excluding carboxylic acids is 2. The first-order valence-electron chi connectivity index (χ1n) is 9.92. The number of carbonyl (C=O) groups is 2. The maximum absolute atomic E-state index is 12.7. The van der Waals surface area contributed by atoms with Crippen LogP contribution in [-0.2, 0) is 6.54 Å². The predicted octanol–water partition coefficient (Wildman–Crippen LogP) is 5.15. The lowest BCUT2D eigenvalue weighted by Crippen LogP contribution is -2.25. The maximum Gasteiger partial charge on any atom is 0.281 e. The molecule has 1 aromatic heterocycles. The third kappa shape index (κ3) is 5.09. The van der Waals surface area contributed by atoms with Crippen LogP contribution in [0.4, 0.5) is 0 Å². The molecule has 31 heavy (non-hydrogen) atoms. The molecule has 5 nitrogen and oxygen atoms in total. The van der Waals surface area contributed by atoms with Crippen molar-refractivity contribution in [3.63, 3.8) is 0 Å². The summed E-state index contributed by atoms with van der Waals surface area (Å²) in [5, 5.41) is 3.73. The summed E-state index contributed by atoms with van der Waals surface area (Å²) >= 11 is 13.6. The van der Waals surface area contributed by atoms with Gasteiger partial charge in [-0.15, -0.1) is 11.3 Å². The molecule has 2 amide bonds. The third-order valence-electron chi connectivity index (χ3n) is 5.22. The second-order valence-corrected chi connectivity index (χ2v) is 9.62. The number of nitrogens with zero attached hydrogens (tertiary/aromatic N) is 2. The Balaban J connectivity index is 1.60. The van der Waals surface area contributed by atoms with Gasteiger partial charge in [0.1, 0.15) is 0 Å². The minimum Gasteiger partial charge on any atom is -0.349 e. The van der Waals surface area contributed by atoms with Crippen LogP contribution in [-0.4, -0.2) is 22.4 Å². The van der Waals surface area contributed by atoms with Crippen molar-refractivity contribution in [2.75, 3.05) is 0 Å². The summed E-state index contributed by atoms with van der Waals surface area (Å²) in [6.07, 6.45) is 2.12. The molecule has 1 N–H and O–H groups in total. The molecule has 0 radical (unpaired) electrons. The van der Waals surface area contributed by atoms with E-state index in [2.05, 4.69) is 10.3 Å². The van der Waals surface area contributed by atoms with Gasteiger partial charge in [0, 0.05) is 27.2 Å². The fourth-order valence-corrected chi connectivity index (χ4v) is 4.58. The van der Waals surface area contributed by atoms with Gasteiger partial charge in [0.05, 0.1) is 17.1 Å². The fourth-order valence-electron chi connectivity index (χ4n) is 3.12. The van der Waals surface area contributed by atoms with Crippen molar-refractivity contribution in [1.82, 2.24) is 9.88 Å². The molecule has 1 heterocycles. The van der Waals surface area contributed by atoms with E-state index in [1.807, 2.05) is 42.7 Å². The third-order valence-corrected chi connectivity index (χ3v) is 6.86. The van der Waals surface area contributed by atoms with Gasteiger partial charge in [-0.1, -0.05) is 35.3 Å². The molecule has 1 fully saturated rings. The highest BCUT2D eigenvalue weighted by Gasteiger charge is 2.23. The van der Waals surface area contributed by atoms with Gasteiger partial charge in [-0.2, -0.15) is 4.99 Å². The Kier molecular flexibility index (Phi) is 6.32. The van der Waals surface area contributed by atoms with Crippen LogP contribution in [0.1, 0.15) is 49.7 Å². The molecule has 0 bridgehead atoms. The fraction of sp³-hybridized carbons (Fsp3) is 0.261. The molecule has 0 saturated heterocycles. The van der Waals surface area contributed by atoms with Crippen molar-refractivity contribution in [3.05, 3.63) is 84.6 Å². The molecule has 3 aromatic rings. The van der Waals surface area contributed by atoms with Gasteiger partial charge in [0.25, 0.3) is 11.8 Å². The van der Waals surface area contributed by atoms with Crippen LogP contribution >= 0.6 is 34.5 Å².